The molecular formula is C7H11F6N2O3P. The maximum absolute atomic E-state index is 10.7. The zero-order valence-electron chi connectivity index (χ0n) is 9.43. The number of hydrogen-bond acceptors (Lipinski definition) is 2. The van der Waals surface area contributed by atoms with Gasteiger partial charge in [0.1, 0.15) is 12.4 Å². The average Bonchev–Trinajstić information content (AvgIpc) is 2.59. The molecule has 1 aromatic heterocycles. The first-order valence-electron chi connectivity index (χ1n) is 4.56. The van der Waals surface area contributed by atoms with Gasteiger partial charge in [0.15, 0.2) is 12.8 Å². The van der Waals surface area contributed by atoms with Gasteiger partial charge in [-0.3, -0.25) is 0 Å². The van der Waals surface area contributed by atoms with Gasteiger partial charge < -0.3 is 10.2 Å². The Morgan fingerprint density at radius 2 is 1.74 bits per heavy atom. The molecule has 1 unspecified atom stereocenters. The maximum atomic E-state index is 10.5. The Kier molecular flexibility index (Phi) is 4.31. The second-order valence-electron chi connectivity index (χ2n) is 3.49. The Balaban J connectivity index is 0.000000399. The minimum atomic E-state index is -10.7. The van der Waals surface area contributed by atoms with Crippen LogP contribution in [0.5, 0.6) is 0 Å². The summed E-state index contributed by atoms with van der Waals surface area (Å²) >= 11 is 0. The number of carboxylic acid groups (broad SMARTS) is 1. The van der Waals surface area contributed by atoms with Crippen molar-refractivity contribution >= 4 is 13.8 Å². The number of rotatable bonds is 3. The van der Waals surface area contributed by atoms with E-state index in [0.29, 0.717) is 0 Å². The van der Waals surface area contributed by atoms with E-state index in [1.54, 1.807) is 25.6 Å². The van der Waals surface area contributed by atoms with Gasteiger partial charge in [0.25, 0.3) is 0 Å². The van der Waals surface area contributed by atoms with E-state index in [1.807, 2.05) is 0 Å². The zero-order valence-corrected chi connectivity index (χ0v) is 10.3. The second-order valence-corrected chi connectivity index (χ2v) is 5.41. The molecule has 114 valence electrons. The molecule has 0 amide bonds. The van der Waals surface area contributed by atoms with Crippen molar-refractivity contribution in [1.82, 2.24) is 4.57 Å². The van der Waals surface area contributed by atoms with Crippen LogP contribution in [-0.2, 0) is 11.5 Å². The summed E-state index contributed by atoms with van der Waals surface area (Å²) in [6.45, 7) is 1.43. The van der Waals surface area contributed by atoms with Gasteiger partial charge in [-0.2, -0.15) is 0 Å². The third-order valence-electron chi connectivity index (χ3n) is 1.68. The van der Waals surface area contributed by atoms with E-state index >= 15 is 0 Å². The van der Waals surface area contributed by atoms with Crippen LogP contribution >= 0.6 is 7.81 Å². The first-order chi connectivity index (χ1) is 8.10. The molecule has 0 radical (unpaired) electrons. The fourth-order valence-corrected chi connectivity index (χ4v) is 0.851. The molecule has 2 N–H and O–H groups in total. The van der Waals surface area contributed by atoms with Crippen LogP contribution in [0.1, 0.15) is 13.0 Å². The summed E-state index contributed by atoms with van der Waals surface area (Å²) in [4.78, 5) is 10.5. The number of nitrogens with zero attached hydrogens (tertiary/aromatic N) is 2. The Labute approximate surface area is 102 Å². The SMILES string of the molecule is CC(C(=O)O)n1cc[n+](CO)c1.F[P-](F)(F)(F)(F)F. The Morgan fingerprint density at radius 3 is 2.00 bits per heavy atom. The predicted octanol–water partition coefficient (Wildman–Crippen LogP) is 2.75. The standard InChI is InChI=1S/C7H10N2O3.F6P/c1-6(7(11)12)9-3-2-8(4-9)5-10;1-7(2,3,4,5)6/h2-4,6,10H,5H2,1H3;/q;-1/p+1. The van der Waals surface area contributed by atoms with Gasteiger partial charge in [0.2, 0.25) is 6.33 Å². The third-order valence-corrected chi connectivity index (χ3v) is 1.68. The van der Waals surface area contributed by atoms with Gasteiger partial charge in [0, 0.05) is 0 Å². The van der Waals surface area contributed by atoms with Gasteiger partial charge >= 0.3 is 39.0 Å². The molecule has 0 aliphatic carbocycles. The van der Waals surface area contributed by atoms with Crippen LogP contribution < -0.4 is 4.57 Å². The topological polar surface area (TPSA) is 66.3 Å². The average molecular weight is 316 g/mol. The molecule has 0 saturated heterocycles. The molecule has 12 heteroatoms. The number of halogens is 6. The van der Waals surface area contributed by atoms with E-state index in [9.17, 15) is 30.0 Å². The van der Waals surface area contributed by atoms with Crippen molar-refractivity contribution in [1.29, 1.82) is 0 Å². The molecule has 0 saturated carbocycles. The van der Waals surface area contributed by atoms with Gasteiger partial charge in [-0.15, -0.1) is 0 Å². The number of aromatic nitrogens is 2. The van der Waals surface area contributed by atoms with E-state index in [2.05, 4.69) is 0 Å². The van der Waals surface area contributed by atoms with Crippen LogP contribution in [0.25, 0.3) is 0 Å². The molecule has 19 heavy (non-hydrogen) atoms. The molecule has 0 bridgehead atoms. The van der Waals surface area contributed by atoms with Gasteiger partial charge in [-0.25, -0.2) is 13.9 Å². The Hall–Kier alpha value is -1.35. The van der Waals surface area contributed by atoms with Crippen molar-refractivity contribution in [3.8, 4) is 0 Å². The fraction of sp³-hybridized carbons (Fsp3) is 0.429. The van der Waals surface area contributed by atoms with E-state index in [0.717, 1.165) is 0 Å². The van der Waals surface area contributed by atoms with Crippen LogP contribution in [0.15, 0.2) is 18.7 Å². The van der Waals surface area contributed by atoms with E-state index in [1.165, 1.54) is 9.13 Å². The molecule has 1 rings (SSSR count). The number of aliphatic hydroxyl groups is 1. The van der Waals surface area contributed by atoms with Crippen molar-refractivity contribution in [3.05, 3.63) is 18.7 Å². The molecule has 0 aliphatic heterocycles. The number of carbonyl (C=O) groups is 1. The molecule has 0 fully saturated rings. The zero-order chi connectivity index (χ0) is 15.5. The monoisotopic (exact) mass is 316 g/mol. The van der Waals surface area contributed by atoms with Crippen LogP contribution in [0.3, 0.4) is 0 Å². The van der Waals surface area contributed by atoms with E-state index in [4.69, 9.17) is 10.2 Å². The van der Waals surface area contributed by atoms with Crippen molar-refractivity contribution < 1.29 is 44.8 Å². The van der Waals surface area contributed by atoms with Crippen molar-refractivity contribution in [3.63, 3.8) is 0 Å². The summed E-state index contributed by atoms with van der Waals surface area (Å²) in [5.74, 6) is -0.893. The van der Waals surface area contributed by atoms with Crippen LogP contribution in [-0.4, -0.2) is 20.7 Å². The normalized spacial score (nSPS) is 16.6. The van der Waals surface area contributed by atoms with Crippen LogP contribution in [0.2, 0.25) is 0 Å². The summed E-state index contributed by atoms with van der Waals surface area (Å²) in [7, 11) is -10.7. The Morgan fingerprint density at radius 1 is 1.32 bits per heavy atom. The molecule has 1 aromatic rings. The number of aliphatic hydroxyl groups excluding tert-OH is 1. The van der Waals surface area contributed by atoms with Gasteiger partial charge in [-0.1, -0.05) is 0 Å². The third kappa shape index (κ3) is 11.5. The van der Waals surface area contributed by atoms with Crippen molar-refractivity contribution in [2.45, 2.75) is 19.7 Å². The molecule has 0 aromatic carbocycles. The summed E-state index contributed by atoms with van der Waals surface area (Å²) in [5.41, 5.74) is 0. The number of imidazole rings is 1. The quantitative estimate of drug-likeness (QED) is 0.512. The molecule has 1 atom stereocenters. The Bertz CT molecular complexity index is 444. The molecule has 0 spiro atoms. The van der Waals surface area contributed by atoms with Gasteiger partial charge in [0.05, 0.1) is 0 Å². The first kappa shape index (κ1) is 17.6. The molecule has 1 heterocycles. The summed E-state index contributed by atoms with van der Waals surface area (Å²) in [5, 5.41) is 17.3. The van der Waals surface area contributed by atoms with Crippen molar-refractivity contribution in [2.24, 2.45) is 0 Å². The fourth-order valence-electron chi connectivity index (χ4n) is 0.851. The minimum absolute atomic E-state index is 0.140. The van der Waals surface area contributed by atoms with Gasteiger partial charge in [-0.05, 0) is 6.92 Å². The summed E-state index contributed by atoms with van der Waals surface area (Å²) < 4.78 is 62.2. The molecule has 0 aliphatic rings. The first-order valence-corrected chi connectivity index (χ1v) is 6.59. The second kappa shape index (κ2) is 4.64. The van der Waals surface area contributed by atoms with E-state index in [-0.39, 0.29) is 6.73 Å². The number of aliphatic carboxylic acids is 1. The number of hydrogen-bond donors (Lipinski definition) is 2. The van der Waals surface area contributed by atoms with Crippen molar-refractivity contribution in [2.75, 3.05) is 0 Å². The summed E-state index contributed by atoms with van der Waals surface area (Å²) in [6.07, 6.45) is 4.76. The van der Waals surface area contributed by atoms with Crippen LogP contribution in [0.4, 0.5) is 25.2 Å². The summed E-state index contributed by atoms with van der Waals surface area (Å²) in [6, 6.07) is -0.599. The predicted molar refractivity (Wildman–Crippen MR) is 52.8 cm³/mol. The molecule has 5 nitrogen and oxygen atoms in total. The van der Waals surface area contributed by atoms with E-state index < -0.39 is 19.8 Å². The van der Waals surface area contributed by atoms with Crippen LogP contribution in [0, 0.1) is 0 Å². The number of carboxylic acids is 1. The molecular weight excluding hydrogens is 305 g/mol.